The Morgan fingerprint density at radius 3 is 2.94 bits per heavy atom. The van der Waals surface area contributed by atoms with Gasteiger partial charge < -0.3 is 19.7 Å². The number of nitrogens with two attached hydrogens (primary N) is 1. The summed E-state index contributed by atoms with van der Waals surface area (Å²) in [7, 11) is 0. The van der Waals surface area contributed by atoms with Crippen molar-refractivity contribution < 1.29 is 18.4 Å². The van der Waals surface area contributed by atoms with Crippen LogP contribution in [-0.2, 0) is 11.3 Å². The minimum atomic E-state index is -0.386. The molecule has 0 radical (unpaired) electrons. The van der Waals surface area contributed by atoms with Crippen LogP contribution in [0.2, 0.25) is 0 Å². The van der Waals surface area contributed by atoms with Crippen LogP contribution in [0.1, 0.15) is 5.56 Å². The van der Waals surface area contributed by atoms with Crippen LogP contribution in [0.15, 0.2) is 22.7 Å². The number of anilines is 1. The van der Waals surface area contributed by atoms with Crippen molar-refractivity contribution in [3.8, 4) is 17.1 Å². The van der Waals surface area contributed by atoms with Gasteiger partial charge in [-0.15, -0.1) is 0 Å². The van der Waals surface area contributed by atoms with E-state index in [1.807, 2.05) is 0 Å². The van der Waals surface area contributed by atoms with Gasteiger partial charge in [-0.2, -0.15) is 0 Å². The van der Waals surface area contributed by atoms with Crippen molar-refractivity contribution in [2.75, 3.05) is 12.5 Å². The van der Waals surface area contributed by atoms with Gasteiger partial charge in [-0.1, -0.05) is 5.16 Å². The maximum absolute atomic E-state index is 13.4. The zero-order valence-corrected chi connectivity index (χ0v) is 8.77. The lowest BCUT2D eigenvalue weighted by Crippen LogP contribution is -2.12. The minimum absolute atomic E-state index is 0.134. The first kappa shape index (κ1) is 10.1. The van der Waals surface area contributed by atoms with Crippen molar-refractivity contribution in [1.29, 1.82) is 0 Å². The molecule has 6 heteroatoms. The van der Waals surface area contributed by atoms with Crippen LogP contribution < -0.4 is 10.5 Å². The molecule has 2 heterocycles. The topological polar surface area (TPSA) is 70.5 Å². The largest absolute Gasteiger partial charge is 0.466 e. The van der Waals surface area contributed by atoms with Crippen molar-refractivity contribution >= 4 is 5.82 Å². The van der Waals surface area contributed by atoms with E-state index in [9.17, 15) is 4.39 Å². The number of hydrogen-bond donors (Lipinski definition) is 1. The molecule has 0 aliphatic carbocycles. The lowest BCUT2D eigenvalue weighted by atomic mass is 10.1. The van der Waals surface area contributed by atoms with Crippen LogP contribution in [0, 0.1) is 5.82 Å². The molecule has 1 aliphatic heterocycles. The van der Waals surface area contributed by atoms with Crippen molar-refractivity contribution in [2.45, 2.75) is 6.61 Å². The molecule has 1 aromatic carbocycles. The number of fused-ring (bicyclic) bond motifs is 1. The van der Waals surface area contributed by atoms with Gasteiger partial charge in [0.2, 0.25) is 0 Å². The molecule has 17 heavy (non-hydrogen) atoms. The summed E-state index contributed by atoms with van der Waals surface area (Å²) in [6, 6.07) is 4.22. The SMILES string of the molecule is Nc1cc(-c2cc(F)cc3c2OCOC3)on1. The van der Waals surface area contributed by atoms with Gasteiger partial charge in [0, 0.05) is 11.6 Å². The summed E-state index contributed by atoms with van der Waals surface area (Å²) in [5, 5.41) is 3.57. The molecule has 0 spiro atoms. The van der Waals surface area contributed by atoms with Crippen LogP contribution in [0.5, 0.6) is 5.75 Å². The molecule has 1 aromatic heterocycles. The maximum atomic E-state index is 13.4. The molecule has 0 fully saturated rings. The van der Waals surface area contributed by atoms with Crippen molar-refractivity contribution in [1.82, 2.24) is 5.16 Å². The Balaban J connectivity index is 2.18. The first-order chi connectivity index (χ1) is 8.24. The molecule has 2 N–H and O–H groups in total. The third kappa shape index (κ3) is 1.72. The highest BCUT2D eigenvalue weighted by Crippen LogP contribution is 2.37. The van der Waals surface area contributed by atoms with E-state index in [0.717, 1.165) is 0 Å². The second-order valence-corrected chi connectivity index (χ2v) is 3.67. The third-order valence-corrected chi connectivity index (χ3v) is 2.47. The van der Waals surface area contributed by atoms with Crippen LogP contribution in [0.3, 0.4) is 0 Å². The lowest BCUT2D eigenvalue weighted by Gasteiger charge is -2.19. The fourth-order valence-corrected chi connectivity index (χ4v) is 1.78. The molecule has 1 aliphatic rings. The average molecular weight is 236 g/mol. The normalized spacial score (nSPS) is 14.2. The number of nitrogen functional groups attached to an aromatic ring is 1. The molecular formula is C11H9FN2O3. The van der Waals surface area contributed by atoms with Crippen molar-refractivity contribution in [3.63, 3.8) is 0 Å². The zero-order chi connectivity index (χ0) is 11.8. The minimum Gasteiger partial charge on any atom is -0.466 e. The Labute approximate surface area is 95.9 Å². The molecule has 88 valence electrons. The predicted molar refractivity (Wildman–Crippen MR) is 56.6 cm³/mol. The molecule has 0 amide bonds. The Bertz CT molecular complexity index is 568. The number of ether oxygens (including phenoxy) is 2. The molecule has 0 saturated heterocycles. The summed E-state index contributed by atoms with van der Waals surface area (Å²) in [6.45, 7) is 0.443. The van der Waals surface area contributed by atoms with E-state index in [-0.39, 0.29) is 18.4 Å². The maximum Gasteiger partial charge on any atom is 0.189 e. The van der Waals surface area contributed by atoms with Crippen LogP contribution >= 0.6 is 0 Å². The highest BCUT2D eigenvalue weighted by molar-refractivity contribution is 5.69. The molecule has 0 bridgehead atoms. The molecular weight excluding hydrogens is 227 g/mol. The predicted octanol–water partition coefficient (Wildman–Crippen LogP) is 1.93. The van der Waals surface area contributed by atoms with Gasteiger partial charge in [0.25, 0.3) is 0 Å². The molecule has 2 aromatic rings. The molecule has 0 saturated carbocycles. The zero-order valence-electron chi connectivity index (χ0n) is 8.77. The summed E-state index contributed by atoms with van der Waals surface area (Å²) in [5.41, 5.74) is 6.60. The van der Waals surface area contributed by atoms with Crippen molar-refractivity contribution in [2.24, 2.45) is 0 Å². The molecule has 0 unspecified atom stereocenters. The van der Waals surface area contributed by atoms with E-state index in [4.69, 9.17) is 19.7 Å². The number of benzene rings is 1. The molecule has 3 rings (SSSR count). The van der Waals surface area contributed by atoms with Crippen molar-refractivity contribution in [3.05, 3.63) is 29.6 Å². The van der Waals surface area contributed by atoms with Gasteiger partial charge in [0.15, 0.2) is 18.4 Å². The fraction of sp³-hybridized carbons (Fsp3) is 0.182. The number of rotatable bonds is 1. The van der Waals surface area contributed by atoms with Gasteiger partial charge in [0.05, 0.1) is 12.2 Å². The van der Waals surface area contributed by atoms with Gasteiger partial charge >= 0.3 is 0 Å². The number of nitrogens with zero attached hydrogens (tertiary/aromatic N) is 1. The second-order valence-electron chi connectivity index (χ2n) is 3.67. The van der Waals surface area contributed by atoms with Gasteiger partial charge in [-0.25, -0.2) is 4.39 Å². The number of halogens is 1. The fourth-order valence-electron chi connectivity index (χ4n) is 1.78. The highest BCUT2D eigenvalue weighted by Gasteiger charge is 2.20. The van der Waals surface area contributed by atoms with E-state index in [1.165, 1.54) is 18.2 Å². The van der Waals surface area contributed by atoms with E-state index < -0.39 is 0 Å². The smallest absolute Gasteiger partial charge is 0.189 e. The molecule has 0 atom stereocenters. The third-order valence-electron chi connectivity index (χ3n) is 2.47. The average Bonchev–Trinajstić information content (AvgIpc) is 2.74. The lowest BCUT2D eigenvalue weighted by molar-refractivity contribution is -0.0162. The summed E-state index contributed by atoms with van der Waals surface area (Å²) >= 11 is 0. The summed E-state index contributed by atoms with van der Waals surface area (Å²) in [4.78, 5) is 0. The van der Waals surface area contributed by atoms with Crippen LogP contribution in [-0.4, -0.2) is 11.9 Å². The summed E-state index contributed by atoms with van der Waals surface area (Å²) in [6.07, 6.45) is 0. The Hall–Kier alpha value is -2.08. The molecule has 5 nitrogen and oxygen atoms in total. The van der Waals surface area contributed by atoms with Crippen LogP contribution in [0.4, 0.5) is 10.2 Å². The Morgan fingerprint density at radius 1 is 1.29 bits per heavy atom. The summed E-state index contributed by atoms with van der Waals surface area (Å²) < 4.78 is 28.9. The number of hydrogen-bond acceptors (Lipinski definition) is 5. The van der Waals surface area contributed by atoms with Gasteiger partial charge in [0.1, 0.15) is 11.6 Å². The van der Waals surface area contributed by atoms with Gasteiger partial charge in [-0.3, -0.25) is 0 Å². The van der Waals surface area contributed by atoms with E-state index in [0.29, 0.717) is 29.2 Å². The van der Waals surface area contributed by atoms with E-state index in [2.05, 4.69) is 5.16 Å². The standard InChI is InChI=1S/C11H9FN2O3/c12-7-1-6-4-15-5-16-11(6)8(2-7)9-3-10(13)14-17-9/h1-3H,4-5H2,(H2,13,14). The van der Waals surface area contributed by atoms with Gasteiger partial charge in [-0.05, 0) is 12.1 Å². The highest BCUT2D eigenvalue weighted by atomic mass is 19.1. The first-order valence-corrected chi connectivity index (χ1v) is 4.99. The second kappa shape index (κ2) is 3.74. The first-order valence-electron chi connectivity index (χ1n) is 4.99. The number of aromatic nitrogens is 1. The Morgan fingerprint density at radius 2 is 2.18 bits per heavy atom. The Kier molecular flexibility index (Phi) is 2.22. The van der Waals surface area contributed by atoms with E-state index in [1.54, 1.807) is 0 Å². The van der Waals surface area contributed by atoms with Crippen LogP contribution in [0.25, 0.3) is 11.3 Å². The van der Waals surface area contributed by atoms with E-state index >= 15 is 0 Å². The monoisotopic (exact) mass is 236 g/mol. The quantitative estimate of drug-likeness (QED) is 0.819. The summed E-state index contributed by atoms with van der Waals surface area (Å²) in [5.74, 6) is 0.779.